The summed E-state index contributed by atoms with van der Waals surface area (Å²) in [5.41, 5.74) is 0. The summed E-state index contributed by atoms with van der Waals surface area (Å²) in [5, 5.41) is 0. The minimum Gasteiger partial charge on any atom is -0.362 e. The normalized spacial score (nSPS) is 10.2. The standard InChI is InChI=1S/C8H17N.Y/c1-5-9(6-2)7-8(3)4;/h8H,1-2,5-7H2,3-4H3;/q-2;. The van der Waals surface area contributed by atoms with Crippen LogP contribution in [0.3, 0.4) is 0 Å². The van der Waals surface area contributed by atoms with Crippen LogP contribution in [0.4, 0.5) is 0 Å². The van der Waals surface area contributed by atoms with Crippen molar-refractivity contribution in [2.45, 2.75) is 13.8 Å². The summed E-state index contributed by atoms with van der Waals surface area (Å²) in [6, 6.07) is 0. The minimum atomic E-state index is 0. The molecule has 0 aromatic heterocycles. The first kappa shape index (κ1) is 13.6. The molecule has 0 aliphatic carbocycles. The van der Waals surface area contributed by atoms with E-state index < -0.39 is 0 Å². The van der Waals surface area contributed by atoms with Gasteiger partial charge in [-0.1, -0.05) is 13.8 Å². The Morgan fingerprint density at radius 1 is 1.20 bits per heavy atom. The van der Waals surface area contributed by atoms with Gasteiger partial charge in [0.05, 0.1) is 0 Å². The van der Waals surface area contributed by atoms with Gasteiger partial charge < -0.3 is 18.7 Å². The van der Waals surface area contributed by atoms with E-state index >= 15 is 0 Å². The molecule has 0 bridgehead atoms. The van der Waals surface area contributed by atoms with Gasteiger partial charge in [0.2, 0.25) is 0 Å². The Kier molecular flexibility index (Phi) is 11.1. The fourth-order valence-electron chi connectivity index (χ4n) is 0.811. The number of hydrogen-bond acceptors (Lipinski definition) is 1. The van der Waals surface area contributed by atoms with Crippen LogP contribution in [-0.4, -0.2) is 24.5 Å². The summed E-state index contributed by atoms with van der Waals surface area (Å²) in [6.45, 7) is 14.9. The van der Waals surface area contributed by atoms with Gasteiger partial charge in [-0.05, 0) is 12.5 Å². The van der Waals surface area contributed by atoms with Crippen LogP contribution in [-0.2, 0) is 32.7 Å². The maximum atomic E-state index is 3.80. The Bertz CT molecular complexity index is 60.3. The fraction of sp³-hybridized carbons (Fsp3) is 0.750. The second kappa shape index (κ2) is 8.16. The van der Waals surface area contributed by atoms with Crippen LogP contribution in [0.25, 0.3) is 0 Å². The van der Waals surface area contributed by atoms with E-state index in [1.807, 2.05) is 0 Å². The van der Waals surface area contributed by atoms with Crippen molar-refractivity contribution in [3.63, 3.8) is 0 Å². The summed E-state index contributed by atoms with van der Waals surface area (Å²) < 4.78 is 0. The van der Waals surface area contributed by atoms with E-state index in [2.05, 4.69) is 32.6 Å². The number of hydrogen-bond donors (Lipinski definition) is 0. The molecule has 0 saturated carbocycles. The number of rotatable bonds is 4. The van der Waals surface area contributed by atoms with Crippen LogP contribution in [0.15, 0.2) is 0 Å². The van der Waals surface area contributed by atoms with E-state index in [1.165, 1.54) is 0 Å². The molecule has 0 amide bonds. The van der Waals surface area contributed by atoms with Crippen molar-refractivity contribution in [3.05, 3.63) is 13.8 Å². The third-order valence-corrected chi connectivity index (χ3v) is 1.26. The van der Waals surface area contributed by atoms with Crippen molar-refractivity contribution in [1.82, 2.24) is 4.90 Å². The smallest absolute Gasteiger partial charge is 0 e. The van der Waals surface area contributed by atoms with E-state index in [0.29, 0.717) is 0 Å². The zero-order valence-corrected chi connectivity index (χ0v) is 9.98. The van der Waals surface area contributed by atoms with Crippen molar-refractivity contribution in [1.29, 1.82) is 0 Å². The van der Waals surface area contributed by atoms with E-state index in [-0.39, 0.29) is 32.7 Å². The van der Waals surface area contributed by atoms with Crippen molar-refractivity contribution < 1.29 is 32.7 Å². The maximum Gasteiger partial charge on any atom is 0 e. The van der Waals surface area contributed by atoms with E-state index in [9.17, 15) is 0 Å². The molecule has 0 N–H and O–H groups in total. The molecule has 0 saturated heterocycles. The molecule has 10 heavy (non-hydrogen) atoms. The maximum absolute atomic E-state index is 3.80. The monoisotopic (exact) mass is 216 g/mol. The van der Waals surface area contributed by atoms with Gasteiger partial charge in [0, 0.05) is 32.7 Å². The Morgan fingerprint density at radius 2 is 1.60 bits per heavy atom. The third kappa shape index (κ3) is 7.17. The summed E-state index contributed by atoms with van der Waals surface area (Å²) in [5.74, 6) is 0.730. The molecular formula is C8H17NY-2. The van der Waals surface area contributed by atoms with Crippen LogP contribution in [0.2, 0.25) is 0 Å². The quantitative estimate of drug-likeness (QED) is 0.645. The molecule has 0 aromatic rings. The van der Waals surface area contributed by atoms with Crippen molar-refractivity contribution >= 4 is 0 Å². The van der Waals surface area contributed by atoms with E-state index in [4.69, 9.17) is 0 Å². The van der Waals surface area contributed by atoms with Gasteiger partial charge in [-0.15, -0.1) is 13.1 Å². The van der Waals surface area contributed by atoms with Gasteiger partial charge >= 0.3 is 0 Å². The third-order valence-electron chi connectivity index (χ3n) is 1.26. The van der Waals surface area contributed by atoms with Crippen LogP contribution in [0.5, 0.6) is 0 Å². The van der Waals surface area contributed by atoms with Crippen LogP contribution < -0.4 is 0 Å². The predicted octanol–water partition coefficient (Wildman–Crippen LogP) is 1.61. The number of nitrogens with zero attached hydrogens (tertiary/aromatic N) is 1. The summed E-state index contributed by atoms with van der Waals surface area (Å²) >= 11 is 0. The fourth-order valence-corrected chi connectivity index (χ4v) is 0.811. The topological polar surface area (TPSA) is 3.24 Å². The molecule has 0 atom stereocenters. The second-order valence-electron chi connectivity index (χ2n) is 2.69. The van der Waals surface area contributed by atoms with Crippen molar-refractivity contribution in [3.8, 4) is 0 Å². The van der Waals surface area contributed by atoms with Gasteiger partial charge in [-0.2, -0.15) is 0 Å². The summed E-state index contributed by atoms with van der Waals surface area (Å²) in [4.78, 5) is 2.23. The molecule has 0 spiro atoms. The first-order valence-electron chi connectivity index (χ1n) is 3.51. The van der Waals surface area contributed by atoms with Gasteiger partial charge in [0.15, 0.2) is 0 Å². The Balaban J connectivity index is 0. The SMILES string of the molecule is [CH2-]CN(C[CH2-])CC(C)C.[Y]. The molecule has 0 unspecified atom stereocenters. The van der Waals surface area contributed by atoms with Crippen LogP contribution in [0, 0.1) is 19.8 Å². The molecule has 2 heteroatoms. The van der Waals surface area contributed by atoms with Gasteiger partial charge in [0.25, 0.3) is 0 Å². The summed E-state index contributed by atoms with van der Waals surface area (Å²) in [6.07, 6.45) is 0. The zero-order valence-electron chi connectivity index (χ0n) is 7.14. The van der Waals surface area contributed by atoms with Crippen molar-refractivity contribution in [2.24, 2.45) is 5.92 Å². The zero-order chi connectivity index (χ0) is 7.28. The second-order valence-corrected chi connectivity index (χ2v) is 2.69. The van der Waals surface area contributed by atoms with Crippen molar-refractivity contribution in [2.75, 3.05) is 19.6 Å². The first-order valence-corrected chi connectivity index (χ1v) is 3.51. The predicted molar refractivity (Wildman–Crippen MR) is 42.0 cm³/mol. The molecule has 0 aliphatic heterocycles. The average Bonchev–Trinajstić information content (AvgIpc) is 1.82. The summed E-state index contributed by atoms with van der Waals surface area (Å²) in [7, 11) is 0. The van der Waals surface area contributed by atoms with Crippen LogP contribution in [0.1, 0.15) is 13.8 Å². The Morgan fingerprint density at radius 3 is 1.70 bits per heavy atom. The van der Waals surface area contributed by atoms with Crippen LogP contribution >= 0.6 is 0 Å². The molecule has 0 heterocycles. The molecule has 0 rings (SSSR count). The molecule has 1 radical (unpaired) electrons. The molecule has 0 aromatic carbocycles. The van der Waals surface area contributed by atoms with Gasteiger partial charge in [-0.25, -0.2) is 0 Å². The first-order chi connectivity index (χ1) is 4.20. The molecule has 0 fully saturated rings. The van der Waals surface area contributed by atoms with Gasteiger partial charge in [0.1, 0.15) is 0 Å². The van der Waals surface area contributed by atoms with Gasteiger partial charge in [-0.3, -0.25) is 0 Å². The largest absolute Gasteiger partial charge is 0.362 e. The molecule has 0 aliphatic rings. The minimum absolute atomic E-state index is 0. The van der Waals surface area contributed by atoms with E-state index in [0.717, 1.165) is 25.6 Å². The molecule has 59 valence electrons. The molecular weight excluding hydrogens is 199 g/mol. The molecule has 1 nitrogen and oxygen atoms in total. The van der Waals surface area contributed by atoms with E-state index in [1.54, 1.807) is 0 Å². The average molecular weight is 216 g/mol. The Labute approximate surface area is 90.4 Å². The Hall–Kier alpha value is 1.06.